The first-order valence-electron chi connectivity index (χ1n) is 9.77. The van der Waals surface area contributed by atoms with Gasteiger partial charge in [0.25, 0.3) is 6.47 Å². The lowest BCUT2D eigenvalue weighted by Gasteiger charge is -2.05. The number of aromatic nitrogens is 3. The van der Waals surface area contributed by atoms with Crippen molar-refractivity contribution in [2.24, 2.45) is 10.8 Å². The van der Waals surface area contributed by atoms with Crippen LogP contribution in [0.2, 0.25) is 0 Å². The van der Waals surface area contributed by atoms with Gasteiger partial charge in [-0.15, -0.1) is 12.4 Å². The highest BCUT2D eigenvalue weighted by molar-refractivity contribution is 9.10. The smallest absolute Gasteiger partial charge is 0.290 e. The summed E-state index contributed by atoms with van der Waals surface area (Å²) in [5, 5.41) is 15.3. The van der Waals surface area contributed by atoms with Crippen LogP contribution < -0.4 is 11.2 Å². The maximum absolute atomic E-state index is 8.36. The zero-order valence-corrected chi connectivity index (χ0v) is 22.8. The molecule has 0 unspecified atom stereocenters. The second-order valence-corrected chi connectivity index (χ2v) is 8.87. The number of hydrogen-bond donors (Lipinski definition) is 3. The predicted octanol–water partition coefficient (Wildman–Crippen LogP) is 5.48. The van der Waals surface area contributed by atoms with Crippen molar-refractivity contribution in [2.45, 2.75) is 39.8 Å². The van der Waals surface area contributed by atoms with Crippen molar-refractivity contribution in [3.63, 3.8) is 0 Å². The minimum atomic E-state index is -0.250. The molecule has 1 aromatic heterocycles. The van der Waals surface area contributed by atoms with Crippen LogP contribution in [0.25, 0.3) is 11.4 Å². The summed E-state index contributed by atoms with van der Waals surface area (Å²) in [7, 11) is 0. The third-order valence-electron chi connectivity index (χ3n) is 3.72. The molecule has 11 heteroatoms. The van der Waals surface area contributed by atoms with Gasteiger partial charge in [0.05, 0.1) is 0 Å². The Labute approximate surface area is 217 Å². The number of nitrogens with two attached hydrogens (primary N) is 1. The molecule has 1 heterocycles. The first-order chi connectivity index (χ1) is 15.2. The Kier molecular flexibility index (Phi) is 15.0. The maximum Gasteiger partial charge on any atom is 0.290 e. The molecule has 4 N–H and O–H groups in total. The van der Waals surface area contributed by atoms with Gasteiger partial charge in [-0.1, -0.05) is 56.1 Å². The van der Waals surface area contributed by atoms with E-state index < -0.39 is 0 Å². The Bertz CT molecular complexity index is 977. The van der Waals surface area contributed by atoms with Crippen LogP contribution in [-0.4, -0.2) is 38.2 Å². The monoisotopic (exact) mass is 602 g/mol. The summed E-state index contributed by atoms with van der Waals surface area (Å²) >= 11 is 6.76. The number of amidine groups is 1. The van der Waals surface area contributed by atoms with E-state index >= 15 is 0 Å². The van der Waals surface area contributed by atoms with Crippen molar-refractivity contribution < 1.29 is 9.90 Å². The Hall–Kier alpha value is -2.43. The van der Waals surface area contributed by atoms with Gasteiger partial charge in [-0.2, -0.15) is 10.2 Å². The lowest BCUT2D eigenvalue weighted by molar-refractivity contribution is -0.122. The van der Waals surface area contributed by atoms with Crippen LogP contribution in [0.15, 0.2) is 68.9 Å². The Morgan fingerprint density at radius 1 is 1.06 bits per heavy atom. The lowest BCUT2D eigenvalue weighted by atomic mass is 10.2. The van der Waals surface area contributed by atoms with Gasteiger partial charge >= 0.3 is 0 Å². The topological polar surface area (TPSA) is 118 Å². The molecule has 2 aromatic carbocycles. The highest BCUT2D eigenvalue weighted by atomic mass is 79.9. The third kappa shape index (κ3) is 11.8. The van der Waals surface area contributed by atoms with E-state index in [2.05, 4.69) is 66.3 Å². The van der Waals surface area contributed by atoms with E-state index in [-0.39, 0.29) is 18.9 Å². The number of carboxylic acid groups (broad SMARTS) is 1. The fraction of sp³-hybridized carbons (Fsp3) is 0.273. The molecule has 0 bridgehead atoms. The molecule has 3 aromatic rings. The van der Waals surface area contributed by atoms with E-state index in [0.29, 0.717) is 17.9 Å². The average molecular weight is 605 g/mol. The highest BCUT2D eigenvalue weighted by Gasteiger charge is 2.05. The van der Waals surface area contributed by atoms with Crippen molar-refractivity contribution in [2.75, 3.05) is 0 Å². The SMILES string of the molecule is CC(C)NN=C(N)c1ccc(Br)cc1.CC(C)n1cnc(-c2ccc(Br)cc2)n1.Cl.O=CO. The van der Waals surface area contributed by atoms with Gasteiger partial charge in [0.2, 0.25) is 0 Å². The van der Waals surface area contributed by atoms with Gasteiger partial charge in [-0.05, 0) is 52.0 Å². The quantitative estimate of drug-likeness (QED) is 0.154. The Morgan fingerprint density at radius 3 is 1.97 bits per heavy atom. The molecule has 0 fully saturated rings. The molecule has 0 aliphatic heterocycles. The van der Waals surface area contributed by atoms with Gasteiger partial charge in [0, 0.05) is 32.2 Å². The zero-order valence-electron chi connectivity index (χ0n) is 18.8. The van der Waals surface area contributed by atoms with Crippen molar-refractivity contribution in [3.8, 4) is 11.4 Å². The second-order valence-electron chi connectivity index (χ2n) is 7.04. The summed E-state index contributed by atoms with van der Waals surface area (Å²) < 4.78 is 3.96. The minimum Gasteiger partial charge on any atom is -0.483 e. The van der Waals surface area contributed by atoms with E-state index in [1.807, 2.05) is 67.1 Å². The van der Waals surface area contributed by atoms with Crippen LogP contribution in [0.1, 0.15) is 39.3 Å². The maximum atomic E-state index is 8.36. The van der Waals surface area contributed by atoms with Gasteiger partial charge < -0.3 is 16.3 Å². The first kappa shape index (κ1) is 30.6. The molecule has 0 saturated heterocycles. The van der Waals surface area contributed by atoms with E-state index in [0.717, 1.165) is 25.9 Å². The predicted molar refractivity (Wildman–Crippen MR) is 143 cm³/mol. The molecule has 0 saturated carbocycles. The molecule has 0 aliphatic carbocycles. The van der Waals surface area contributed by atoms with Crippen molar-refractivity contribution in [1.82, 2.24) is 20.2 Å². The van der Waals surface area contributed by atoms with E-state index in [1.54, 1.807) is 6.33 Å². The highest BCUT2D eigenvalue weighted by Crippen LogP contribution is 2.18. The number of benzene rings is 2. The van der Waals surface area contributed by atoms with Crippen LogP contribution in [0, 0.1) is 0 Å². The van der Waals surface area contributed by atoms with Crippen molar-refractivity contribution >= 4 is 56.6 Å². The van der Waals surface area contributed by atoms with E-state index in [1.165, 1.54) is 0 Å². The summed E-state index contributed by atoms with van der Waals surface area (Å²) in [6, 6.07) is 16.4. The number of hydrogen-bond acceptors (Lipinski definition) is 5. The molecule has 0 aliphatic rings. The molecule has 8 nitrogen and oxygen atoms in total. The molecule has 0 amide bonds. The van der Waals surface area contributed by atoms with Crippen LogP contribution in [-0.2, 0) is 4.79 Å². The van der Waals surface area contributed by atoms with Crippen LogP contribution in [0.3, 0.4) is 0 Å². The number of carbonyl (C=O) groups is 1. The van der Waals surface area contributed by atoms with Gasteiger partial charge in [-0.3, -0.25) is 4.79 Å². The van der Waals surface area contributed by atoms with Gasteiger partial charge in [0.1, 0.15) is 6.33 Å². The van der Waals surface area contributed by atoms with Crippen LogP contribution in [0.5, 0.6) is 0 Å². The summed E-state index contributed by atoms with van der Waals surface area (Å²) in [5.41, 5.74) is 10.6. The van der Waals surface area contributed by atoms with E-state index in [9.17, 15) is 0 Å². The Morgan fingerprint density at radius 2 is 1.55 bits per heavy atom. The standard InChI is InChI=1S/C11H12BrN3.C10H14BrN3.CH2O2.ClH/c1-8(2)15-7-13-11(14-15)9-3-5-10(12)6-4-9;1-7(2)13-14-10(12)8-3-5-9(11)6-4-8;2-1-3;/h3-8H,1-2H3;3-7,13H,1-2H3,(H2,12,14);1H,(H,2,3);1H. The first-order valence-corrected chi connectivity index (χ1v) is 11.4. The molecule has 180 valence electrons. The van der Waals surface area contributed by atoms with Gasteiger partial charge in [0.15, 0.2) is 11.7 Å². The fourth-order valence-corrected chi connectivity index (χ4v) is 2.67. The van der Waals surface area contributed by atoms with Crippen molar-refractivity contribution in [3.05, 3.63) is 69.4 Å². The van der Waals surface area contributed by atoms with Gasteiger partial charge in [-0.25, -0.2) is 9.67 Å². The molecule has 33 heavy (non-hydrogen) atoms. The largest absolute Gasteiger partial charge is 0.483 e. The minimum absolute atomic E-state index is 0. The second kappa shape index (κ2) is 16.2. The lowest BCUT2D eigenvalue weighted by Crippen LogP contribution is -2.23. The summed E-state index contributed by atoms with van der Waals surface area (Å²) in [5.74, 6) is 1.28. The average Bonchev–Trinajstić information content (AvgIpc) is 3.25. The molecule has 0 spiro atoms. The summed E-state index contributed by atoms with van der Waals surface area (Å²) in [6.45, 7) is 7.94. The number of hydrazone groups is 1. The molecule has 0 radical (unpaired) electrons. The summed E-state index contributed by atoms with van der Waals surface area (Å²) in [6.07, 6.45) is 1.77. The zero-order chi connectivity index (χ0) is 24.1. The normalized spacial score (nSPS) is 10.4. The molecular formula is C22H29Br2ClN6O2. The van der Waals surface area contributed by atoms with Crippen molar-refractivity contribution in [1.29, 1.82) is 0 Å². The number of halogens is 3. The number of rotatable bonds is 5. The summed E-state index contributed by atoms with van der Waals surface area (Å²) in [4.78, 5) is 12.6. The number of nitrogens with zero attached hydrogens (tertiary/aromatic N) is 4. The van der Waals surface area contributed by atoms with E-state index in [4.69, 9.17) is 15.6 Å². The van der Waals surface area contributed by atoms with Crippen LogP contribution >= 0.6 is 44.3 Å². The Balaban J connectivity index is 0.000000542. The number of nitrogens with one attached hydrogen (secondary N) is 1. The molecular weight excluding hydrogens is 576 g/mol. The fourth-order valence-electron chi connectivity index (χ4n) is 2.14. The van der Waals surface area contributed by atoms with Crippen LogP contribution in [0.4, 0.5) is 0 Å². The molecule has 0 atom stereocenters. The third-order valence-corrected chi connectivity index (χ3v) is 4.78. The molecule has 3 rings (SSSR count).